The molecule has 2 rings (SSSR count). The van der Waals surface area contributed by atoms with Crippen molar-refractivity contribution in [2.24, 2.45) is 0 Å². The van der Waals surface area contributed by atoms with Crippen LogP contribution in [-0.4, -0.2) is 28.3 Å². The molecule has 6 heteroatoms. The zero-order valence-electron chi connectivity index (χ0n) is 16.4. The van der Waals surface area contributed by atoms with E-state index in [0.717, 1.165) is 27.6 Å². The van der Waals surface area contributed by atoms with Crippen molar-refractivity contribution in [1.29, 1.82) is 0 Å². The van der Waals surface area contributed by atoms with Crippen LogP contribution in [0.2, 0.25) is 0 Å². The fourth-order valence-corrected chi connectivity index (χ4v) is 2.77. The molecule has 0 aliphatic rings. The van der Waals surface area contributed by atoms with Gasteiger partial charge >= 0.3 is 0 Å². The number of allylic oxidation sites excluding steroid dienone is 5. The number of anilines is 1. The molecule has 5 nitrogen and oxygen atoms in total. The van der Waals surface area contributed by atoms with E-state index in [2.05, 4.69) is 21.9 Å². The molecule has 1 N–H and O–H groups in total. The van der Waals surface area contributed by atoms with Crippen LogP contribution in [0.25, 0.3) is 16.3 Å². The Morgan fingerprint density at radius 1 is 1.25 bits per heavy atom. The van der Waals surface area contributed by atoms with Gasteiger partial charge in [-0.25, -0.2) is 4.98 Å². The van der Waals surface area contributed by atoms with Gasteiger partial charge in [-0.3, -0.25) is 19.0 Å². The summed E-state index contributed by atoms with van der Waals surface area (Å²) in [6, 6.07) is 3.59. The molecular formula is C22H26FN3O2. The Hall–Kier alpha value is -3.15. The fraction of sp³-hybridized carbons (Fsp3) is 0.273. The lowest BCUT2D eigenvalue weighted by atomic mass is 9.98. The predicted molar refractivity (Wildman–Crippen MR) is 113 cm³/mol. The number of ketones is 1. The van der Waals surface area contributed by atoms with Crippen LogP contribution < -0.4 is 5.32 Å². The highest BCUT2D eigenvalue weighted by molar-refractivity contribution is 5.98. The molecule has 0 aliphatic heterocycles. The average Bonchev–Trinajstić information content (AvgIpc) is 2.68. The summed E-state index contributed by atoms with van der Waals surface area (Å²) in [4.78, 5) is 32.0. The van der Waals surface area contributed by atoms with Crippen LogP contribution in [-0.2, 0) is 9.59 Å². The van der Waals surface area contributed by atoms with Gasteiger partial charge in [0.1, 0.15) is 5.82 Å². The van der Waals surface area contributed by atoms with Crippen molar-refractivity contribution in [1.82, 2.24) is 9.97 Å². The molecule has 0 aliphatic carbocycles. The minimum atomic E-state index is -0.709. The second-order valence-corrected chi connectivity index (χ2v) is 6.31. The number of hydrogen-bond donors (Lipinski definition) is 1. The monoisotopic (exact) mass is 383 g/mol. The molecule has 0 radical (unpaired) electrons. The van der Waals surface area contributed by atoms with E-state index in [4.69, 9.17) is 0 Å². The SMILES string of the molecule is C=C(/C=C(C)\C(=C/C)c1cc2cnc(NC(=O)CCF)cc2cn1)C(=O)CC.[HH]. The maximum absolute atomic E-state index is 12.2. The second-order valence-electron chi connectivity index (χ2n) is 6.31. The first kappa shape index (κ1) is 21.2. The van der Waals surface area contributed by atoms with Gasteiger partial charge in [-0.2, -0.15) is 0 Å². The maximum atomic E-state index is 12.2. The molecule has 2 aromatic heterocycles. The summed E-state index contributed by atoms with van der Waals surface area (Å²) >= 11 is 0. The smallest absolute Gasteiger partial charge is 0.228 e. The molecule has 0 atom stereocenters. The van der Waals surface area contributed by atoms with Crippen LogP contribution in [0, 0.1) is 0 Å². The maximum Gasteiger partial charge on any atom is 0.228 e. The van der Waals surface area contributed by atoms with E-state index in [1.165, 1.54) is 0 Å². The van der Waals surface area contributed by atoms with Gasteiger partial charge in [0.05, 0.1) is 18.8 Å². The predicted octanol–water partition coefficient (Wildman–Crippen LogP) is 5.06. The first-order valence-corrected chi connectivity index (χ1v) is 9.08. The topological polar surface area (TPSA) is 72.0 Å². The van der Waals surface area contributed by atoms with Gasteiger partial charge in [-0.1, -0.05) is 19.6 Å². The molecule has 0 bridgehead atoms. The number of nitrogens with zero attached hydrogens (tertiary/aromatic N) is 2. The Bertz CT molecular complexity index is 983. The number of alkyl halides is 1. The van der Waals surface area contributed by atoms with Crippen molar-refractivity contribution in [3.63, 3.8) is 0 Å². The summed E-state index contributed by atoms with van der Waals surface area (Å²) in [5, 5.41) is 4.21. The van der Waals surface area contributed by atoms with Crippen molar-refractivity contribution in [2.75, 3.05) is 12.0 Å². The number of amides is 1. The van der Waals surface area contributed by atoms with Gasteiger partial charge < -0.3 is 5.32 Å². The number of fused-ring (bicyclic) bond motifs is 1. The molecule has 0 saturated carbocycles. The number of Topliss-reactive ketones (excluding diaryl/α,β-unsaturated/α-hetero) is 1. The Balaban J connectivity index is 0.00000420. The molecule has 0 unspecified atom stereocenters. The number of nitrogens with one attached hydrogen (secondary N) is 1. The van der Waals surface area contributed by atoms with Crippen molar-refractivity contribution in [3.05, 3.63) is 60.1 Å². The van der Waals surface area contributed by atoms with Crippen molar-refractivity contribution >= 4 is 33.9 Å². The van der Waals surface area contributed by atoms with Gasteiger partial charge in [0.15, 0.2) is 5.78 Å². The van der Waals surface area contributed by atoms with Crippen molar-refractivity contribution < 1.29 is 15.4 Å². The molecule has 2 aromatic rings. The van der Waals surface area contributed by atoms with E-state index in [1.54, 1.807) is 31.5 Å². The van der Waals surface area contributed by atoms with Crippen LogP contribution in [0.4, 0.5) is 10.2 Å². The number of pyridine rings is 2. The minimum absolute atomic E-state index is 0. The third-order valence-corrected chi connectivity index (χ3v) is 4.25. The van der Waals surface area contributed by atoms with Gasteiger partial charge in [0.2, 0.25) is 5.91 Å². The Morgan fingerprint density at radius 2 is 1.93 bits per heavy atom. The van der Waals surface area contributed by atoms with Crippen LogP contribution in [0.5, 0.6) is 0 Å². The van der Waals surface area contributed by atoms with Crippen LogP contribution in [0.15, 0.2) is 54.4 Å². The number of aromatic nitrogens is 2. The molecule has 0 aromatic carbocycles. The Labute approximate surface area is 165 Å². The van der Waals surface area contributed by atoms with Gasteiger partial charge in [-0.15, -0.1) is 0 Å². The summed E-state index contributed by atoms with van der Waals surface area (Å²) in [5.41, 5.74) is 3.00. The molecule has 0 saturated heterocycles. The third-order valence-electron chi connectivity index (χ3n) is 4.25. The standard InChI is InChI=1S/C22H24FN3O2.H2/c1-5-18(14(3)9-15(4)20(27)6-2)19-10-16-13-25-21(11-17(16)12-24-19)26-22(28)7-8-23;/h5,9-13H,4,6-8H2,1-3H3,(H,25,26,28);1H/b14-9-,18-5+;. The van der Waals surface area contributed by atoms with Gasteiger partial charge in [0.25, 0.3) is 0 Å². The summed E-state index contributed by atoms with van der Waals surface area (Å²) in [6.45, 7) is 8.75. The van der Waals surface area contributed by atoms with Crippen molar-refractivity contribution in [3.8, 4) is 0 Å². The average molecular weight is 383 g/mol. The zero-order chi connectivity index (χ0) is 20.7. The minimum Gasteiger partial charge on any atom is -0.311 e. The van der Waals surface area contributed by atoms with Crippen LogP contribution in [0.1, 0.15) is 40.7 Å². The van der Waals surface area contributed by atoms with Crippen LogP contribution in [0.3, 0.4) is 0 Å². The lowest BCUT2D eigenvalue weighted by molar-refractivity contribution is -0.116. The number of rotatable bonds is 8. The highest BCUT2D eigenvalue weighted by atomic mass is 19.1. The number of carbonyl (C=O) groups excluding carboxylic acids is 2. The fourth-order valence-electron chi connectivity index (χ4n) is 2.77. The van der Waals surface area contributed by atoms with E-state index in [0.29, 0.717) is 17.8 Å². The summed E-state index contributed by atoms with van der Waals surface area (Å²) in [5.74, 6) is -0.0530. The van der Waals surface area contributed by atoms with E-state index < -0.39 is 12.6 Å². The van der Waals surface area contributed by atoms with E-state index >= 15 is 0 Å². The number of hydrogen-bond acceptors (Lipinski definition) is 4. The molecule has 148 valence electrons. The normalized spacial score (nSPS) is 12.1. The van der Waals surface area contributed by atoms with E-state index in [-0.39, 0.29) is 13.6 Å². The molecule has 28 heavy (non-hydrogen) atoms. The molecule has 0 spiro atoms. The van der Waals surface area contributed by atoms with Crippen molar-refractivity contribution in [2.45, 2.75) is 33.6 Å². The highest BCUT2D eigenvalue weighted by Crippen LogP contribution is 2.26. The second kappa shape index (κ2) is 9.69. The van der Waals surface area contributed by atoms with E-state index in [1.807, 2.05) is 26.0 Å². The molecule has 1 amide bonds. The molecule has 0 fully saturated rings. The summed E-state index contributed by atoms with van der Waals surface area (Å²) < 4.78 is 12.2. The first-order valence-electron chi connectivity index (χ1n) is 9.08. The van der Waals surface area contributed by atoms with Gasteiger partial charge in [-0.05, 0) is 43.2 Å². The first-order chi connectivity index (χ1) is 13.4. The Kier molecular flexibility index (Phi) is 7.32. The zero-order valence-corrected chi connectivity index (χ0v) is 16.4. The highest BCUT2D eigenvalue weighted by Gasteiger charge is 2.10. The summed E-state index contributed by atoms with van der Waals surface area (Å²) in [7, 11) is 0. The lowest BCUT2D eigenvalue weighted by Crippen LogP contribution is -2.12. The number of carbonyl (C=O) groups is 2. The number of halogens is 1. The largest absolute Gasteiger partial charge is 0.311 e. The molecule has 2 heterocycles. The Morgan fingerprint density at radius 3 is 2.57 bits per heavy atom. The lowest BCUT2D eigenvalue weighted by Gasteiger charge is -2.10. The van der Waals surface area contributed by atoms with Gasteiger partial charge in [0, 0.05) is 36.6 Å². The summed E-state index contributed by atoms with van der Waals surface area (Å²) in [6.07, 6.45) is 7.26. The van der Waals surface area contributed by atoms with Crippen LogP contribution >= 0.6 is 0 Å². The third kappa shape index (κ3) is 5.19. The van der Waals surface area contributed by atoms with E-state index in [9.17, 15) is 14.0 Å². The molecular weight excluding hydrogens is 357 g/mol. The quantitative estimate of drug-likeness (QED) is 0.511.